The molecule has 1 aliphatic rings. The normalized spacial score (nSPS) is 14.0. The zero-order chi connectivity index (χ0) is 15.8. The molecule has 1 saturated carbocycles. The van der Waals surface area contributed by atoms with Crippen molar-refractivity contribution in [3.63, 3.8) is 0 Å². The fourth-order valence-electron chi connectivity index (χ4n) is 2.31. The first-order valence-corrected chi connectivity index (χ1v) is 8.23. The molecule has 23 heavy (non-hydrogen) atoms. The molecule has 2 heterocycles. The van der Waals surface area contributed by atoms with Crippen molar-refractivity contribution >= 4 is 17.2 Å². The standard InChI is InChI=1S/C17H14FN3OS/c18-12-5-3-11(4-6-12)15-14(16(22)19-13-7-8-13)20-17(23-15)21-9-1-2-10-21/h1-6,9-10,13H,7-8H2,(H,19,22). The van der Waals surface area contributed by atoms with Crippen LogP contribution in [0.2, 0.25) is 0 Å². The van der Waals surface area contributed by atoms with Crippen molar-refractivity contribution in [3.8, 4) is 15.6 Å². The van der Waals surface area contributed by atoms with E-state index in [1.807, 2.05) is 29.1 Å². The molecule has 0 bridgehead atoms. The first-order valence-electron chi connectivity index (χ1n) is 7.42. The maximum absolute atomic E-state index is 13.2. The summed E-state index contributed by atoms with van der Waals surface area (Å²) in [7, 11) is 0. The molecule has 4 rings (SSSR count). The number of nitrogens with one attached hydrogen (secondary N) is 1. The highest BCUT2D eigenvalue weighted by atomic mass is 32.1. The fraction of sp³-hybridized carbons (Fsp3) is 0.176. The van der Waals surface area contributed by atoms with Crippen LogP contribution in [0.15, 0.2) is 48.8 Å². The lowest BCUT2D eigenvalue weighted by molar-refractivity contribution is 0.0947. The van der Waals surface area contributed by atoms with E-state index in [1.54, 1.807) is 12.1 Å². The zero-order valence-corrected chi connectivity index (χ0v) is 13.0. The van der Waals surface area contributed by atoms with E-state index >= 15 is 0 Å². The summed E-state index contributed by atoms with van der Waals surface area (Å²) in [5.41, 5.74) is 1.19. The van der Waals surface area contributed by atoms with Crippen LogP contribution in [-0.4, -0.2) is 21.5 Å². The molecule has 0 unspecified atom stereocenters. The van der Waals surface area contributed by atoms with Gasteiger partial charge in [0.05, 0.1) is 4.88 Å². The van der Waals surface area contributed by atoms with Gasteiger partial charge in [-0.15, -0.1) is 0 Å². The Balaban J connectivity index is 1.77. The number of amides is 1. The van der Waals surface area contributed by atoms with Crippen molar-refractivity contribution < 1.29 is 9.18 Å². The highest BCUT2D eigenvalue weighted by Crippen LogP contribution is 2.33. The van der Waals surface area contributed by atoms with Gasteiger partial charge in [-0.25, -0.2) is 9.37 Å². The number of benzene rings is 1. The van der Waals surface area contributed by atoms with Crippen LogP contribution >= 0.6 is 11.3 Å². The van der Waals surface area contributed by atoms with Gasteiger partial charge in [-0.05, 0) is 42.7 Å². The van der Waals surface area contributed by atoms with Crippen LogP contribution in [0, 0.1) is 5.82 Å². The van der Waals surface area contributed by atoms with Crippen LogP contribution in [0.5, 0.6) is 0 Å². The van der Waals surface area contributed by atoms with Crippen molar-refractivity contribution in [2.45, 2.75) is 18.9 Å². The first-order chi connectivity index (χ1) is 11.2. The summed E-state index contributed by atoms with van der Waals surface area (Å²) >= 11 is 1.42. The number of carbonyl (C=O) groups excluding carboxylic acids is 1. The molecule has 6 heteroatoms. The second-order valence-corrected chi connectivity index (χ2v) is 6.50. The van der Waals surface area contributed by atoms with Crippen molar-refractivity contribution in [2.24, 2.45) is 0 Å². The molecule has 1 fully saturated rings. The Bertz CT molecular complexity index is 835. The molecule has 3 aromatic rings. The predicted octanol–water partition coefficient (Wildman–Crippen LogP) is 3.63. The molecular weight excluding hydrogens is 313 g/mol. The predicted molar refractivity (Wildman–Crippen MR) is 87.3 cm³/mol. The molecule has 116 valence electrons. The molecule has 1 aromatic carbocycles. The zero-order valence-electron chi connectivity index (χ0n) is 12.2. The molecule has 2 aromatic heterocycles. The molecule has 0 spiro atoms. The summed E-state index contributed by atoms with van der Waals surface area (Å²) in [6.07, 6.45) is 5.81. The average molecular weight is 327 g/mol. The Morgan fingerprint density at radius 3 is 2.57 bits per heavy atom. The van der Waals surface area contributed by atoms with Crippen LogP contribution in [0.25, 0.3) is 15.6 Å². The van der Waals surface area contributed by atoms with Gasteiger partial charge in [0, 0.05) is 18.4 Å². The molecule has 4 nitrogen and oxygen atoms in total. The number of thiazole rings is 1. The van der Waals surface area contributed by atoms with Crippen molar-refractivity contribution in [1.29, 1.82) is 0 Å². The van der Waals surface area contributed by atoms with E-state index in [0.717, 1.165) is 28.4 Å². The van der Waals surface area contributed by atoms with Gasteiger partial charge in [0.25, 0.3) is 5.91 Å². The summed E-state index contributed by atoms with van der Waals surface area (Å²) in [5, 5.41) is 3.69. The third-order valence-electron chi connectivity index (χ3n) is 3.68. The van der Waals surface area contributed by atoms with Gasteiger partial charge in [0.1, 0.15) is 11.5 Å². The van der Waals surface area contributed by atoms with Gasteiger partial charge in [-0.1, -0.05) is 23.5 Å². The first kappa shape index (κ1) is 14.1. The highest BCUT2D eigenvalue weighted by Gasteiger charge is 2.27. The lowest BCUT2D eigenvalue weighted by Gasteiger charge is -2.03. The van der Waals surface area contributed by atoms with E-state index in [9.17, 15) is 9.18 Å². The SMILES string of the molecule is O=C(NC1CC1)c1nc(-n2cccc2)sc1-c1ccc(F)cc1. The second kappa shape index (κ2) is 5.62. The summed E-state index contributed by atoms with van der Waals surface area (Å²) in [4.78, 5) is 17.8. The largest absolute Gasteiger partial charge is 0.348 e. The molecule has 1 N–H and O–H groups in total. The number of hydrogen-bond donors (Lipinski definition) is 1. The quantitative estimate of drug-likeness (QED) is 0.795. The number of hydrogen-bond acceptors (Lipinski definition) is 3. The average Bonchev–Trinajstić information content (AvgIpc) is 3.06. The molecular formula is C17H14FN3OS. The van der Waals surface area contributed by atoms with E-state index in [2.05, 4.69) is 10.3 Å². The van der Waals surface area contributed by atoms with Gasteiger partial charge >= 0.3 is 0 Å². The maximum atomic E-state index is 13.2. The van der Waals surface area contributed by atoms with Crippen molar-refractivity contribution in [1.82, 2.24) is 14.9 Å². The minimum Gasteiger partial charge on any atom is -0.348 e. The van der Waals surface area contributed by atoms with Gasteiger partial charge in [-0.2, -0.15) is 0 Å². The van der Waals surface area contributed by atoms with E-state index in [1.165, 1.54) is 23.5 Å². The number of halogens is 1. The summed E-state index contributed by atoms with van der Waals surface area (Å²) in [6, 6.07) is 10.2. The van der Waals surface area contributed by atoms with Crippen LogP contribution in [0.3, 0.4) is 0 Å². The maximum Gasteiger partial charge on any atom is 0.271 e. The van der Waals surface area contributed by atoms with Gasteiger partial charge < -0.3 is 9.88 Å². The molecule has 0 aliphatic heterocycles. The van der Waals surface area contributed by atoms with Crippen LogP contribution in [0.4, 0.5) is 4.39 Å². The van der Waals surface area contributed by atoms with E-state index in [-0.39, 0.29) is 17.8 Å². The summed E-state index contributed by atoms with van der Waals surface area (Å²) in [6.45, 7) is 0. The lowest BCUT2D eigenvalue weighted by atomic mass is 10.1. The Morgan fingerprint density at radius 2 is 1.91 bits per heavy atom. The van der Waals surface area contributed by atoms with Crippen molar-refractivity contribution in [2.75, 3.05) is 0 Å². The van der Waals surface area contributed by atoms with Crippen LogP contribution < -0.4 is 5.32 Å². The molecule has 1 amide bonds. The lowest BCUT2D eigenvalue weighted by Crippen LogP contribution is -2.26. The van der Waals surface area contributed by atoms with Crippen LogP contribution in [-0.2, 0) is 0 Å². The minimum absolute atomic E-state index is 0.165. The Kier molecular flexibility index (Phi) is 3.46. The Morgan fingerprint density at radius 1 is 1.22 bits per heavy atom. The summed E-state index contributed by atoms with van der Waals surface area (Å²) < 4.78 is 15.0. The third kappa shape index (κ3) is 2.90. The molecule has 1 aliphatic carbocycles. The van der Waals surface area contributed by atoms with Crippen LogP contribution in [0.1, 0.15) is 23.3 Å². The van der Waals surface area contributed by atoms with E-state index < -0.39 is 0 Å². The van der Waals surface area contributed by atoms with Gasteiger partial charge in [0.2, 0.25) is 0 Å². The monoisotopic (exact) mass is 327 g/mol. The number of nitrogens with zero attached hydrogens (tertiary/aromatic N) is 2. The molecule has 0 saturated heterocycles. The Hall–Kier alpha value is -2.47. The van der Waals surface area contributed by atoms with Crippen molar-refractivity contribution in [3.05, 3.63) is 60.3 Å². The highest BCUT2D eigenvalue weighted by molar-refractivity contribution is 7.17. The second-order valence-electron chi connectivity index (χ2n) is 5.52. The third-order valence-corrected chi connectivity index (χ3v) is 4.79. The number of rotatable bonds is 4. The number of carbonyl (C=O) groups is 1. The van der Waals surface area contributed by atoms with Gasteiger partial charge in [-0.3, -0.25) is 4.79 Å². The topological polar surface area (TPSA) is 46.9 Å². The summed E-state index contributed by atoms with van der Waals surface area (Å²) in [5.74, 6) is -0.464. The molecule has 0 atom stereocenters. The Labute approximate surface area is 136 Å². The van der Waals surface area contributed by atoms with E-state index in [0.29, 0.717) is 5.69 Å². The fourth-order valence-corrected chi connectivity index (χ4v) is 3.35. The van der Waals surface area contributed by atoms with E-state index in [4.69, 9.17) is 0 Å². The van der Waals surface area contributed by atoms with Gasteiger partial charge in [0.15, 0.2) is 5.13 Å². The smallest absolute Gasteiger partial charge is 0.271 e. The minimum atomic E-state index is -0.298. The molecule has 0 radical (unpaired) electrons. The number of aromatic nitrogens is 2.